The number of likely N-dealkylation sites (N-methyl/N-ethyl adjacent to an activating group) is 1. The van der Waals surface area contributed by atoms with Gasteiger partial charge in [0.15, 0.2) is 6.19 Å². The predicted molar refractivity (Wildman–Crippen MR) is 147 cm³/mol. The molecule has 1 aromatic heterocycles. The quantitative estimate of drug-likeness (QED) is 0.275. The summed E-state index contributed by atoms with van der Waals surface area (Å²) < 4.78 is 0. The highest BCUT2D eigenvalue weighted by Crippen LogP contribution is 2.32. The van der Waals surface area contributed by atoms with Crippen LogP contribution in [-0.4, -0.2) is 65.4 Å². The van der Waals surface area contributed by atoms with Crippen molar-refractivity contribution in [1.29, 1.82) is 5.26 Å². The zero-order chi connectivity index (χ0) is 25.6. The summed E-state index contributed by atoms with van der Waals surface area (Å²) in [5.74, 6) is -0.265. The second-order valence-electron chi connectivity index (χ2n) is 9.57. The van der Waals surface area contributed by atoms with Crippen LogP contribution in [0.5, 0.6) is 0 Å². The highest BCUT2D eigenvalue weighted by molar-refractivity contribution is 6.09. The van der Waals surface area contributed by atoms with Crippen LogP contribution in [0, 0.1) is 11.5 Å². The number of rotatable bonds is 7. The molecule has 2 heterocycles. The van der Waals surface area contributed by atoms with Gasteiger partial charge < -0.3 is 4.90 Å². The first kappa shape index (κ1) is 24.6. The zero-order valence-electron chi connectivity index (χ0n) is 21.2. The molecule has 5 rings (SSSR count). The Morgan fingerprint density at radius 1 is 0.919 bits per heavy atom. The van der Waals surface area contributed by atoms with Crippen molar-refractivity contribution in [1.82, 2.24) is 19.7 Å². The molecule has 0 unspecified atom stereocenters. The van der Waals surface area contributed by atoms with Gasteiger partial charge in [-0.05, 0) is 25.1 Å². The second kappa shape index (κ2) is 11.3. The molecule has 3 aromatic carbocycles. The number of hydrogen-bond donors (Lipinski definition) is 0. The first-order chi connectivity index (χ1) is 18.1. The summed E-state index contributed by atoms with van der Waals surface area (Å²) in [6.45, 7) is 4.72. The lowest BCUT2D eigenvalue weighted by Gasteiger charge is -2.33. The van der Waals surface area contributed by atoms with E-state index in [0.717, 1.165) is 59.5 Å². The Bertz CT molecular complexity index is 1410. The minimum Gasteiger partial charge on any atom is -0.304 e. The number of aromatic nitrogens is 1. The molecule has 1 saturated heterocycles. The number of carbonyl (C=O) groups is 1. The molecule has 1 amide bonds. The van der Waals surface area contributed by atoms with Crippen LogP contribution in [0.15, 0.2) is 84.9 Å². The first-order valence-corrected chi connectivity index (χ1v) is 12.8. The molecule has 37 heavy (non-hydrogen) atoms. The molecule has 6 heteroatoms. The average molecular weight is 490 g/mol. The topological polar surface area (TPSA) is 63.5 Å². The van der Waals surface area contributed by atoms with Gasteiger partial charge in [-0.2, -0.15) is 5.26 Å². The van der Waals surface area contributed by atoms with Gasteiger partial charge in [0.05, 0.1) is 16.8 Å². The van der Waals surface area contributed by atoms with Gasteiger partial charge in [-0.15, -0.1) is 0 Å². The Morgan fingerprint density at radius 3 is 2.27 bits per heavy atom. The maximum absolute atomic E-state index is 14.2. The number of fused-ring (bicyclic) bond motifs is 1. The maximum Gasteiger partial charge on any atom is 0.267 e. The van der Waals surface area contributed by atoms with E-state index in [2.05, 4.69) is 23.0 Å². The normalized spacial score (nSPS) is 14.4. The number of para-hydroxylation sites is 1. The minimum absolute atomic E-state index is 0.265. The summed E-state index contributed by atoms with van der Waals surface area (Å²) in [5, 5.41) is 10.8. The smallest absolute Gasteiger partial charge is 0.267 e. The molecule has 0 bridgehead atoms. The lowest BCUT2D eigenvalue weighted by atomic mass is 9.95. The fourth-order valence-electron chi connectivity index (χ4n) is 4.93. The van der Waals surface area contributed by atoms with Crippen molar-refractivity contribution < 1.29 is 4.79 Å². The van der Waals surface area contributed by atoms with Crippen LogP contribution < -0.4 is 0 Å². The largest absolute Gasteiger partial charge is 0.304 e. The molecular formula is C31H31N5O. The molecule has 1 aliphatic rings. The Hall–Kier alpha value is -4.05. The Kier molecular flexibility index (Phi) is 7.55. The second-order valence-corrected chi connectivity index (χ2v) is 9.57. The summed E-state index contributed by atoms with van der Waals surface area (Å²) in [6.07, 6.45) is 2.79. The van der Waals surface area contributed by atoms with Crippen molar-refractivity contribution in [2.75, 3.05) is 39.8 Å². The number of nitrogens with zero attached hydrogens (tertiary/aromatic N) is 5. The van der Waals surface area contributed by atoms with E-state index < -0.39 is 0 Å². The highest BCUT2D eigenvalue weighted by atomic mass is 16.2. The molecule has 186 valence electrons. The van der Waals surface area contributed by atoms with Crippen LogP contribution >= 0.6 is 0 Å². The van der Waals surface area contributed by atoms with E-state index in [-0.39, 0.29) is 5.91 Å². The molecule has 0 saturated carbocycles. The average Bonchev–Trinajstić information content (AvgIpc) is 2.95. The van der Waals surface area contributed by atoms with Gasteiger partial charge in [0.1, 0.15) is 0 Å². The van der Waals surface area contributed by atoms with E-state index in [1.165, 1.54) is 4.90 Å². The molecule has 4 aromatic rings. The van der Waals surface area contributed by atoms with E-state index in [1.807, 2.05) is 84.9 Å². The Balaban J connectivity index is 1.61. The van der Waals surface area contributed by atoms with Crippen molar-refractivity contribution >= 4 is 16.8 Å². The Labute approximate surface area is 218 Å². The van der Waals surface area contributed by atoms with Crippen molar-refractivity contribution in [3.05, 3.63) is 102 Å². The maximum atomic E-state index is 14.2. The lowest BCUT2D eigenvalue weighted by Crippen LogP contribution is -2.44. The van der Waals surface area contributed by atoms with Crippen LogP contribution in [0.3, 0.4) is 0 Å². The third-order valence-electron chi connectivity index (χ3n) is 7.06. The van der Waals surface area contributed by atoms with E-state index in [4.69, 9.17) is 4.98 Å². The molecular weight excluding hydrogens is 458 g/mol. The fraction of sp³-hybridized carbons (Fsp3) is 0.258. The SMILES string of the molecule is CN1CCN(Cc2c(-c3ccccc3)nc3ccccc3c2C(=O)N(C#N)CCc2ccccc2)CC1. The minimum atomic E-state index is -0.265. The highest BCUT2D eigenvalue weighted by Gasteiger charge is 2.27. The number of amides is 1. The van der Waals surface area contributed by atoms with E-state index in [0.29, 0.717) is 25.1 Å². The molecule has 1 aliphatic heterocycles. The molecule has 0 atom stereocenters. The van der Waals surface area contributed by atoms with Crippen molar-refractivity contribution in [3.63, 3.8) is 0 Å². The van der Waals surface area contributed by atoms with E-state index >= 15 is 0 Å². The summed E-state index contributed by atoms with van der Waals surface area (Å²) >= 11 is 0. The molecule has 0 spiro atoms. The Morgan fingerprint density at radius 2 is 1.57 bits per heavy atom. The van der Waals surface area contributed by atoms with Gasteiger partial charge in [-0.3, -0.25) is 9.69 Å². The number of hydrogen-bond acceptors (Lipinski definition) is 5. The molecule has 6 nitrogen and oxygen atoms in total. The summed E-state index contributed by atoms with van der Waals surface area (Å²) in [4.78, 5) is 25.2. The number of pyridine rings is 1. The lowest BCUT2D eigenvalue weighted by molar-refractivity contribution is 0.0831. The third kappa shape index (κ3) is 5.54. The standard InChI is InChI=1S/C31H31N5O/c1-34-18-20-35(21-19-34)22-27-29(31(37)36(23-32)17-16-24-10-4-2-5-11-24)26-14-8-9-15-28(26)33-30(27)25-12-6-3-7-13-25/h2-15H,16-22H2,1H3. The van der Waals surface area contributed by atoms with Gasteiger partial charge in [-0.25, -0.2) is 9.88 Å². The van der Waals surface area contributed by atoms with Gasteiger partial charge in [0.2, 0.25) is 0 Å². The van der Waals surface area contributed by atoms with Crippen molar-refractivity contribution in [3.8, 4) is 17.5 Å². The molecule has 0 radical (unpaired) electrons. The van der Waals surface area contributed by atoms with Crippen LogP contribution in [0.4, 0.5) is 0 Å². The third-order valence-corrected chi connectivity index (χ3v) is 7.06. The number of piperazine rings is 1. The van der Waals surface area contributed by atoms with Crippen LogP contribution in [0.25, 0.3) is 22.2 Å². The van der Waals surface area contributed by atoms with Gasteiger partial charge >= 0.3 is 0 Å². The monoisotopic (exact) mass is 489 g/mol. The summed E-state index contributed by atoms with van der Waals surface area (Å²) in [7, 11) is 2.14. The van der Waals surface area contributed by atoms with E-state index in [9.17, 15) is 10.1 Å². The van der Waals surface area contributed by atoms with Crippen molar-refractivity contribution in [2.24, 2.45) is 0 Å². The van der Waals surface area contributed by atoms with Gasteiger partial charge in [0, 0.05) is 55.8 Å². The van der Waals surface area contributed by atoms with E-state index in [1.54, 1.807) is 0 Å². The van der Waals surface area contributed by atoms with Crippen molar-refractivity contribution in [2.45, 2.75) is 13.0 Å². The van der Waals surface area contributed by atoms with Crippen LogP contribution in [-0.2, 0) is 13.0 Å². The summed E-state index contributed by atoms with van der Waals surface area (Å²) in [6, 6.07) is 27.8. The predicted octanol–water partition coefficient (Wildman–Crippen LogP) is 4.82. The molecule has 1 fully saturated rings. The fourth-order valence-corrected chi connectivity index (χ4v) is 4.93. The summed E-state index contributed by atoms with van der Waals surface area (Å²) in [5.41, 5.74) is 5.10. The molecule has 0 aliphatic carbocycles. The van der Waals surface area contributed by atoms with Gasteiger partial charge in [0.25, 0.3) is 5.91 Å². The van der Waals surface area contributed by atoms with Crippen LogP contribution in [0.2, 0.25) is 0 Å². The van der Waals surface area contributed by atoms with Gasteiger partial charge in [-0.1, -0.05) is 78.9 Å². The number of benzene rings is 3. The first-order valence-electron chi connectivity index (χ1n) is 12.8. The number of nitriles is 1. The zero-order valence-corrected chi connectivity index (χ0v) is 21.2. The number of carbonyl (C=O) groups excluding carboxylic acids is 1. The van der Waals surface area contributed by atoms with Crippen LogP contribution in [0.1, 0.15) is 21.5 Å². The molecule has 0 N–H and O–H groups in total.